The van der Waals surface area contributed by atoms with Gasteiger partial charge in [-0.1, -0.05) is 33.3 Å². The highest BCUT2D eigenvalue weighted by Gasteiger charge is 2.33. The van der Waals surface area contributed by atoms with Gasteiger partial charge in [-0.05, 0) is 49.3 Å². The van der Waals surface area contributed by atoms with Crippen LogP contribution in [0.25, 0.3) is 0 Å². The van der Waals surface area contributed by atoms with E-state index in [-0.39, 0.29) is 37.1 Å². The van der Waals surface area contributed by atoms with Crippen LogP contribution in [0.4, 0.5) is 4.79 Å². The predicted molar refractivity (Wildman–Crippen MR) is 125 cm³/mol. The average Bonchev–Trinajstić information content (AvgIpc) is 2.84. The Labute approximate surface area is 205 Å². The second kappa shape index (κ2) is 13.7. The molecule has 0 aromatic heterocycles. The molecule has 0 amide bonds. The molecule has 1 aliphatic rings. The third kappa shape index (κ3) is 8.54. The van der Waals surface area contributed by atoms with Gasteiger partial charge in [-0.2, -0.15) is 0 Å². The van der Waals surface area contributed by atoms with Crippen molar-refractivity contribution in [3.63, 3.8) is 0 Å². The fourth-order valence-corrected chi connectivity index (χ4v) is 3.99. The zero-order valence-corrected chi connectivity index (χ0v) is 20.5. The molecule has 2 unspecified atom stereocenters. The Balaban J connectivity index is 2.23. The third-order valence-corrected chi connectivity index (χ3v) is 5.94. The summed E-state index contributed by atoms with van der Waals surface area (Å²) in [5, 5.41) is 9.60. The molecule has 0 bridgehead atoms. The van der Waals surface area contributed by atoms with Crippen molar-refractivity contribution in [1.82, 2.24) is 0 Å². The molecule has 10 nitrogen and oxygen atoms in total. The van der Waals surface area contributed by atoms with Crippen molar-refractivity contribution in [2.45, 2.75) is 83.8 Å². The molecule has 0 spiro atoms. The minimum Gasteiger partial charge on any atom is -0.480 e. The van der Waals surface area contributed by atoms with Crippen LogP contribution in [-0.4, -0.2) is 47.9 Å². The Kier molecular flexibility index (Phi) is 11.0. The van der Waals surface area contributed by atoms with E-state index in [1.165, 1.54) is 12.1 Å². The van der Waals surface area contributed by atoms with Crippen LogP contribution in [0, 0.1) is 5.92 Å². The van der Waals surface area contributed by atoms with Crippen LogP contribution in [0.1, 0.15) is 77.2 Å². The fraction of sp³-hybridized carbons (Fsp3) is 0.600. The Morgan fingerprint density at radius 2 is 1.60 bits per heavy atom. The van der Waals surface area contributed by atoms with Crippen LogP contribution >= 0.6 is 0 Å². The molecule has 0 radical (unpaired) electrons. The van der Waals surface area contributed by atoms with Gasteiger partial charge in [0.05, 0.1) is 6.61 Å². The van der Waals surface area contributed by atoms with Crippen LogP contribution in [0.15, 0.2) is 18.2 Å². The first-order valence-corrected chi connectivity index (χ1v) is 12.0. The smallest absolute Gasteiger partial charge is 0.480 e. The van der Waals surface area contributed by atoms with E-state index in [1.807, 2.05) is 0 Å². The highest BCUT2D eigenvalue weighted by Crippen LogP contribution is 2.36. The lowest BCUT2D eigenvalue weighted by atomic mass is 9.82. The molecule has 35 heavy (non-hydrogen) atoms. The van der Waals surface area contributed by atoms with Gasteiger partial charge in [-0.25, -0.2) is 4.79 Å². The monoisotopic (exact) mass is 493 g/mol. The topological polar surface area (TPSA) is 151 Å². The molecule has 0 aliphatic heterocycles. The lowest BCUT2D eigenvalue weighted by molar-refractivity contribution is -0.139. The standard InChI is InChI=1S/C25H35NO9/c1-4-20(27)34-18-12-11-16(13-19(18)35-21(28)5-2)22(23(26)24(29)30)15(3)14-32-25(31)33-17-9-7-6-8-10-17/h11-13,15,17,22-23H,4-10,14,26H2,1-3H3,(H,29,30)/t15?,22?,23-/m0/s1. The molecular weight excluding hydrogens is 458 g/mol. The number of hydrogen-bond donors (Lipinski definition) is 2. The Morgan fingerprint density at radius 1 is 1.00 bits per heavy atom. The van der Waals surface area contributed by atoms with E-state index in [4.69, 9.17) is 24.7 Å². The van der Waals surface area contributed by atoms with Crippen molar-refractivity contribution in [3.05, 3.63) is 23.8 Å². The molecule has 3 atom stereocenters. The summed E-state index contributed by atoms with van der Waals surface area (Å²) in [6.45, 7) is 4.80. The number of carbonyl (C=O) groups excluding carboxylic acids is 3. The predicted octanol–water partition coefficient (Wildman–Crippen LogP) is 3.93. The SMILES string of the molecule is CCC(=O)Oc1ccc(C(C(C)COC(=O)OC2CCCCC2)[C@H](N)C(=O)O)cc1OC(=O)CC. The van der Waals surface area contributed by atoms with E-state index < -0.39 is 41.9 Å². The number of benzene rings is 1. The van der Waals surface area contributed by atoms with E-state index in [0.29, 0.717) is 5.56 Å². The molecular formula is C25H35NO9. The molecule has 1 aromatic carbocycles. The first-order valence-electron chi connectivity index (χ1n) is 12.0. The highest BCUT2D eigenvalue weighted by molar-refractivity contribution is 5.77. The Bertz CT molecular complexity index is 895. The van der Waals surface area contributed by atoms with E-state index in [9.17, 15) is 24.3 Å². The number of nitrogens with two attached hydrogens (primary N) is 1. The zero-order chi connectivity index (χ0) is 26.0. The van der Waals surface area contributed by atoms with Gasteiger partial charge in [-0.3, -0.25) is 14.4 Å². The molecule has 2 rings (SSSR count). The van der Waals surface area contributed by atoms with Gasteiger partial charge in [0.15, 0.2) is 11.5 Å². The van der Waals surface area contributed by atoms with Crippen LogP contribution in [0.2, 0.25) is 0 Å². The molecule has 194 valence electrons. The first-order chi connectivity index (χ1) is 16.7. The maximum Gasteiger partial charge on any atom is 0.508 e. The van der Waals surface area contributed by atoms with Crippen molar-refractivity contribution in [2.24, 2.45) is 11.7 Å². The number of ether oxygens (including phenoxy) is 4. The van der Waals surface area contributed by atoms with Crippen molar-refractivity contribution >= 4 is 24.1 Å². The van der Waals surface area contributed by atoms with E-state index in [1.54, 1.807) is 26.8 Å². The third-order valence-electron chi connectivity index (χ3n) is 5.94. The van der Waals surface area contributed by atoms with Crippen molar-refractivity contribution in [1.29, 1.82) is 0 Å². The number of hydrogen-bond acceptors (Lipinski definition) is 9. The zero-order valence-electron chi connectivity index (χ0n) is 20.5. The molecule has 1 aromatic rings. The van der Waals surface area contributed by atoms with Crippen LogP contribution < -0.4 is 15.2 Å². The number of carboxylic acid groups (broad SMARTS) is 1. The number of esters is 2. The van der Waals surface area contributed by atoms with Gasteiger partial charge in [-0.15, -0.1) is 0 Å². The van der Waals surface area contributed by atoms with Gasteiger partial charge in [0.25, 0.3) is 0 Å². The summed E-state index contributed by atoms with van der Waals surface area (Å²) in [5.41, 5.74) is 6.43. The quantitative estimate of drug-likeness (QED) is 0.342. The van der Waals surface area contributed by atoms with Crippen molar-refractivity contribution in [2.75, 3.05) is 6.61 Å². The van der Waals surface area contributed by atoms with E-state index in [0.717, 1.165) is 32.1 Å². The van der Waals surface area contributed by atoms with Crippen molar-refractivity contribution < 1.29 is 43.2 Å². The normalized spacial score (nSPS) is 16.5. The second-order valence-corrected chi connectivity index (χ2v) is 8.67. The van der Waals surface area contributed by atoms with Crippen molar-refractivity contribution in [3.8, 4) is 11.5 Å². The lowest BCUT2D eigenvalue weighted by Gasteiger charge is -2.28. The maximum atomic E-state index is 12.2. The molecule has 10 heteroatoms. The number of carboxylic acids is 1. The summed E-state index contributed by atoms with van der Waals surface area (Å²) in [4.78, 5) is 47.7. The summed E-state index contributed by atoms with van der Waals surface area (Å²) in [5.74, 6) is -3.67. The number of rotatable bonds is 11. The van der Waals surface area contributed by atoms with Crippen LogP contribution in [0.5, 0.6) is 11.5 Å². The number of aliphatic carboxylic acids is 1. The summed E-state index contributed by atoms with van der Waals surface area (Å²) in [6, 6.07) is 3.05. The van der Waals surface area contributed by atoms with E-state index >= 15 is 0 Å². The largest absolute Gasteiger partial charge is 0.508 e. The Morgan fingerprint density at radius 3 is 2.17 bits per heavy atom. The molecule has 3 N–H and O–H groups in total. The van der Waals surface area contributed by atoms with Gasteiger partial charge in [0.1, 0.15) is 12.1 Å². The molecule has 1 saturated carbocycles. The van der Waals surface area contributed by atoms with Gasteiger partial charge < -0.3 is 29.8 Å². The minimum atomic E-state index is -1.35. The van der Waals surface area contributed by atoms with Gasteiger partial charge >= 0.3 is 24.1 Å². The van der Waals surface area contributed by atoms with Crippen LogP contribution in [0.3, 0.4) is 0 Å². The molecule has 0 saturated heterocycles. The molecule has 1 aliphatic carbocycles. The minimum absolute atomic E-state index is 0.0245. The molecule has 0 heterocycles. The lowest BCUT2D eigenvalue weighted by Crippen LogP contribution is -2.40. The second-order valence-electron chi connectivity index (χ2n) is 8.67. The molecule has 1 fully saturated rings. The number of carbonyl (C=O) groups is 4. The van der Waals surface area contributed by atoms with Gasteiger partial charge in [0, 0.05) is 18.8 Å². The fourth-order valence-electron chi connectivity index (χ4n) is 3.99. The summed E-state index contributed by atoms with van der Waals surface area (Å²) < 4.78 is 21.2. The Hall–Kier alpha value is -3.14. The summed E-state index contributed by atoms with van der Waals surface area (Å²) in [7, 11) is 0. The van der Waals surface area contributed by atoms with Crippen LogP contribution in [-0.2, 0) is 23.9 Å². The summed E-state index contributed by atoms with van der Waals surface area (Å²) >= 11 is 0. The first kappa shape index (κ1) is 28.1. The average molecular weight is 494 g/mol. The maximum absolute atomic E-state index is 12.2. The highest BCUT2D eigenvalue weighted by atomic mass is 16.7. The van der Waals surface area contributed by atoms with Gasteiger partial charge in [0.2, 0.25) is 0 Å². The summed E-state index contributed by atoms with van der Waals surface area (Å²) in [6.07, 6.45) is 3.93. The van der Waals surface area contributed by atoms with E-state index in [2.05, 4.69) is 0 Å².